The molecule has 0 amide bonds. The lowest BCUT2D eigenvalue weighted by molar-refractivity contribution is 0.615. The molecule has 2 N–H and O–H groups in total. The van der Waals surface area contributed by atoms with E-state index in [0.29, 0.717) is 11.7 Å². The van der Waals surface area contributed by atoms with E-state index >= 15 is 0 Å². The number of hydrogen-bond donors (Lipinski definition) is 1. The molecule has 1 aromatic rings. The second kappa shape index (κ2) is 6.40. The Morgan fingerprint density at radius 2 is 2.19 bits per heavy atom. The molecule has 0 fully saturated rings. The van der Waals surface area contributed by atoms with Gasteiger partial charge in [-0.1, -0.05) is 42.3 Å². The third kappa shape index (κ3) is 4.26. The van der Waals surface area contributed by atoms with Crippen LogP contribution in [0.15, 0.2) is 22.7 Å². The van der Waals surface area contributed by atoms with Crippen LogP contribution in [0.5, 0.6) is 0 Å². The number of rotatable bonds is 5. The molecule has 90 valence electrons. The average Bonchev–Trinajstić information content (AvgIpc) is 2.22. The summed E-state index contributed by atoms with van der Waals surface area (Å²) in [7, 11) is -0.789. The van der Waals surface area contributed by atoms with Gasteiger partial charge in [-0.15, -0.1) is 0 Å². The molecule has 0 aliphatic heterocycles. The molecular weight excluding hydrogens is 286 g/mol. The normalized spacial score (nSPS) is 14.7. The van der Waals surface area contributed by atoms with E-state index in [1.807, 2.05) is 18.2 Å². The topological polar surface area (TPSA) is 43.1 Å². The lowest BCUT2D eigenvalue weighted by Gasteiger charge is -2.09. The largest absolute Gasteiger partial charge is 0.399 e. The van der Waals surface area contributed by atoms with Crippen molar-refractivity contribution in [2.24, 2.45) is 5.92 Å². The number of hydrogen-bond acceptors (Lipinski definition) is 2. The molecule has 1 aromatic carbocycles. The first-order valence-electron chi connectivity index (χ1n) is 5.41. The Bertz CT molecular complexity index is 381. The summed E-state index contributed by atoms with van der Waals surface area (Å²) in [6.45, 7) is 4.26. The van der Waals surface area contributed by atoms with Gasteiger partial charge in [0.1, 0.15) is 0 Å². The Hall–Kier alpha value is -0.350. The van der Waals surface area contributed by atoms with E-state index in [0.717, 1.165) is 27.9 Å². The number of nitrogen functional groups attached to an aromatic ring is 1. The zero-order chi connectivity index (χ0) is 12.1. The molecule has 0 bridgehead atoms. The van der Waals surface area contributed by atoms with E-state index in [2.05, 4.69) is 29.8 Å². The minimum absolute atomic E-state index is 0.522. The fraction of sp³-hybridized carbons (Fsp3) is 0.500. The van der Waals surface area contributed by atoms with Crippen LogP contribution in [0.4, 0.5) is 5.69 Å². The standard InChI is InChI=1S/C12H18BrNOS/c1-3-9(2)7-16(15)8-10-4-5-11(14)6-12(10)13/h4-6,9H,3,7-8,14H2,1-2H3. The molecule has 2 unspecified atom stereocenters. The number of benzene rings is 1. The highest BCUT2D eigenvalue weighted by molar-refractivity contribution is 9.10. The maximum absolute atomic E-state index is 11.9. The van der Waals surface area contributed by atoms with Crippen molar-refractivity contribution in [3.05, 3.63) is 28.2 Å². The van der Waals surface area contributed by atoms with Crippen molar-refractivity contribution in [1.82, 2.24) is 0 Å². The van der Waals surface area contributed by atoms with Gasteiger partial charge in [-0.3, -0.25) is 4.21 Å². The Kier molecular flexibility index (Phi) is 5.49. The van der Waals surface area contributed by atoms with E-state index in [-0.39, 0.29) is 0 Å². The molecule has 0 saturated heterocycles. The Morgan fingerprint density at radius 3 is 2.75 bits per heavy atom. The Morgan fingerprint density at radius 1 is 1.50 bits per heavy atom. The van der Waals surface area contributed by atoms with Gasteiger partial charge in [0.2, 0.25) is 0 Å². The lowest BCUT2D eigenvalue weighted by Crippen LogP contribution is -2.09. The first-order valence-corrected chi connectivity index (χ1v) is 7.70. The summed E-state index contributed by atoms with van der Waals surface area (Å²) >= 11 is 3.44. The second-order valence-corrected chi connectivity index (χ2v) is 6.47. The van der Waals surface area contributed by atoms with Crippen molar-refractivity contribution in [3.63, 3.8) is 0 Å². The maximum atomic E-state index is 11.9. The highest BCUT2D eigenvalue weighted by Gasteiger charge is 2.09. The predicted molar refractivity (Wildman–Crippen MR) is 74.7 cm³/mol. The molecule has 0 aromatic heterocycles. The van der Waals surface area contributed by atoms with E-state index < -0.39 is 10.8 Å². The van der Waals surface area contributed by atoms with E-state index in [1.165, 1.54) is 0 Å². The zero-order valence-corrected chi connectivity index (χ0v) is 12.1. The number of nitrogens with two attached hydrogens (primary N) is 1. The van der Waals surface area contributed by atoms with Crippen LogP contribution in [0.2, 0.25) is 0 Å². The maximum Gasteiger partial charge on any atom is 0.0496 e. The summed E-state index contributed by atoms with van der Waals surface area (Å²) in [5.41, 5.74) is 7.45. The van der Waals surface area contributed by atoms with E-state index in [4.69, 9.17) is 5.73 Å². The van der Waals surface area contributed by atoms with Gasteiger partial charge in [0.05, 0.1) is 0 Å². The van der Waals surface area contributed by atoms with Gasteiger partial charge in [-0.2, -0.15) is 0 Å². The number of halogens is 1. The molecule has 0 aliphatic rings. The van der Waals surface area contributed by atoms with Crippen molar-refractivity contribution in [1.29, 1.82) is 0 Å². The van der Waals surface area contributed by atoms with Gasteiger partial charge < -0.3 is 5.73 Å². The average molecular weight is 304 g/mol. The van der Waals surface area contributed by atoms with Crippen LogP contribution < -0.4 is 5.73 Å². The molecule has 16 heavy (non-hydrogen) atoms. The Labute approximate surface area is 108 Å². The first kappa shape index (κ1) is 13.7. The predicted octanol–water partition coefficient (Wildman–Crippen LogP) is 3.33. The van der Waals surface area contributed by atoms with Gasteiger partial charge >= 0.3 is 0 Å². The molecule has 0 heterocycles. The van der Waals surface area contributed by atoms with Crippen LogP contribution in [0.1, 0.15) is 25.8 Å². The summed E-state index contributed by atoms with van der Waals surface area (Å²) in [5, 5.41) is 0. The highest BCUT2D eigenvalue weighted by atomic mass is 79.9. The van der Waals surface area contributed by atoms with Gasteiger partial charge in [0, 0.05) is 32.5 Å². The van der Waals surface area contributed by atoms with Crippen molar-refractivity contribution in [2.45, 2.75) is 26.0 Å². The molecule has 0 radical (unpaired) electrons. The van der Waals surface area contributed by atoms with Crippen molar-refractivity contribution in [3.8, 4) is 0 Å². The van der Waals surface area contributed by atoms with Crippen LogP contribution >= 0.6 is 15.9 Å². The van der Waals surface area contributed by atoms with Crippen LogP contribution in [0, 0.1) is 5.92 Å². The Balaban J connectivity index is 2.63. The van der Waals surface area contributed by atoms with Crippen molar-refractivity contribution in [2.75, 3.05) is 11.5 Å². The second-order valence-electron chi connectivity index (χ2n) is 4.12. The molecule has 2 nitrogen and oxygen atoms in total. The smallest absolute Gasteiger partial charge is 0.0496 e. The minimum atomic E-state index is -0.789. The van der Waals surface area contributed by atoms with Gasteiger partial charge in [0.15, 0.2) is 0 Å². The third-order valence-electron chi connectivity index (χ3n) is 2.56. The minimum Gasteiger partial charge on any atom is -0.399 e. The van der Waals surface area contributed by atoms with Crippen LogP contribution in [-0.2, 0) is 16.6 Å². The summed E-state index contributed by atoms with van der Waals surface area (Å²) in [5.74, 6) is 1.90. The van der Waals surface area contributed by atoms with Gasteiger partial charge in [-0.05, 0) is 23.6 Å². The van der Waals surface area contributed by atoms with Gasteiger partial charge in [0.25, 0.3) is 0 Å². The quantitative estimate of drug-likeness (QED) is 0.848. The van der Waals surface area contributed by atoms with Crippen molar-refractivity contribution < 1.29 is 4.21 Å². The molecule has 0 spiro atoms. The lowest BCUT2D eigenvalue weighted by atomic mass is 10.2. The van der Waals surface area contributed by atoms with Gasteiger partial charge in [-0.25, -0.2) is 0 Å². The monoisotopic (exact) mass is 303 g/mol. The molecule has 1 rings (SSSR count). The molecule has 2 atom stereocenters. The molecule has 0 aliphatic carbocycles. The molecular formula is C12H18BrNOS. The van der Waals surface area contributed by atoms with Crippen molar-refractivity contribution >= 4 is 32.4 Å². The first-order chi connectivity index (χ1) is 7.52. The van der Waals surface area contributed by atoms with Crippen LogP contribution in [0.3, 0.4) is 0 Å². The fourth-order valence-corrected chi connectivity index (χ4v) is 3.66. The van der Waals surface area contributed by atoms with Crippen LogP contribution in [0.25, 0.3) is 0 Å². The van der Waals surface area contributed by atoms with Crippen LogP contribution in [-0.4, -0.2) is 9.96 Å². The summed E-state index contributed by atoms with van der Waals surface area (Å²) < 4.78 is 12.8. The number of anilines is 1. The van der Waals surface area contributed by atoms with E-state index in [1.54, 1.807) is 0 Å². The summed E-state index contributed by atoms with van der Waals surface area (Å²) in [6, 6.07) is 5.64. The van der Waals surface area contributed by atoms with E-state index in [9.17, 15) is 4.21 Å². The fourth-order valence-electron chi connectivity index (χ4n) is 1.35. The summed E-state index contributed by atoms with van der Waals surface area (Å²) in [4.78, 5) is 0. The molecule has 0 saturated carbocycles. The summed E-state index contributed by atoms with van der Waals surface area (Å²) in [6.07, 6.45) is 1.08. The SMILES string of the molecule is CCC(C)CS(=O)Cc1ccc(N)cc1Br. The molecule has 4 heteroatoms. The zero-order valence-electron chi connectivity index (χ0n) is 9.70. The highest BCUT2D eigenvalue weighted by Crippen LogP contribution is 2.21. The third-order valence-corrected chi connectivity index (χ3v) is 4.87.